The number of benzene rings is 2. The van der Waals surface area contributed by atoms with Crippen LogP contribution in [0, 0.1) is 0 Å². The Labute approximate surface area is 119 Å². The van der Waals surface area contributed by atoms with E-state index in [0.29, 0.717) is 36.1 Å². The first-order valence-corrected chi connectivity index (χ1v) is 6.66. The second-order valence-corrected chi connectivity index (χ2v) is 4.11. The van der Waals surface area contributed by atoms with Crippen LogP contribution in [0.2, 0.25) is 0 Å². The van der Waals surface area contributed by atoms with Gasteiger partial charge in [-0.25, -0.2) is 0 Å². The Morgan fingerprint density at radius 2 is 1.40 bits per heavy atom. The molecule has 0 heterocycles. The van der Waals surface area contributed by atoms with Gasteiger partial charge in [-0.05, 0) is 50.2 Å². The van der Waals surface area contributed by atoms with Crippen molar-refractivity contribution in [2.45, 2.75) is 13.8 Å². The minimum absolute atomic E-state index is 0.503. The Morgan fingerprint density at radius 3 is 2.05 bits per heavy atom. The van der Waals surface area contributed by atoms with Gasteiger partial charge in [0.15, 0.2) is 5.75 Å². The van der Waals surface area contributed by atoms with Crippen LogP contribution in [0.25, 0.3) is 0 Å². The van der Waals surface area contributed by atoms with E-state index in [-0.39, 0.29) is 0 Å². The van der Waals surface area contributed by atoms with Crippen LogP contribution in [0.15, 0.2) is 42.5 Å². The molecule has 0 aromatic heterocycles. The lowest BCUT2D eigenvalue weighted by molar-refractivity contribution is 0.338. The predicted octanol–water partition coefficient (Wildman–Crippen LogP) is 3.86. The highest BCUT2D eigenvalue weighted by Gasteiger charge is 2.07. The molecule has 4 nitrogen and oxygen atoms in total. The summed E-state index contributed by atoms with van der Waals surface area (Å²) in [7, 11) is 0. The number of anilines is 1. The van der Waals surface area contributed by atoms with Gasteiger partial charge in [0, 0.05) is 0 Å². The molecule has 0 atom stereocenters. The van der Waals surface area contributed by atoms with Crippen LogP contribution in [-0.2, 0) is 0 Å². The zero-order chi connectivity index (χ0) is 14.4. The number of nitrogens with two attached hydrogens (primary N) is 1. The van der Waals surface area contributed by atoms with Crippen molar-refractivity contribution in [3.8, 4) is 23.0 Å². The number of nitrogen functional groups attached to an aromatic ring is 1. The maximum Gasteiger partial charge on any atom is 0.154 e. The molecule has 0 radical (unpaired) electrons. The number of hydrogen-bond donors (Lipinski definition) is 1. The molecule has 0 saturated heterocycles. The standard InChI is InChI=1S/C16H19NO3/c1-3-18-12-8-10-13(11-9-12)20-15-7-5-6-14(16(15)17)19-4-2/h5-11H,3-4,17H2,1-2H3. The molecule has 20 heavy (non-hydrogen) atoms. The summed E-state index contributed by atoms with van der Waals surface area (Å²) in [6.07, 6.45) is 0. The largest absolute Gasteiger partial charge is 0.494 e. The van der Waals surface area contributed by atoms with Crippen molar-refractivity contribution in [3.63, 3.8) is 0 Å². The van der Waals surface area contributed by atoms with Gasteiger partial charge in [-0.2, -0.15) is 0 Å². The third-order valence-corrected chi connectivity index (χ3v) is 2.69. The van der Waals surface area contributed by atoms with Gasteiger partial charge >= 0.3 is 0 Å². The minimum Gasteiger partial charge on any atom is -0.494 e. The highest BCUT2D eigenvalue weighted by molar-refractivity contribution is 5.63. The summed E-state index contributed by atoms with van der Waals surface area (Å²) in [6.45, 7) is 5.07. The van der Waals surface area contributed by atoms with Crippen LogP contribution < -0.4 is 19.9 Å². The number of rotatable bonds is 6. The van der Waals surface area contributed by atoms with Crippen molar-refractivity contribution in [2.24, 2.45) is 0 Å². The van der Waals surface area contributed by atoms with Crippen LogP contribution >= 0.6 is 0 Å². The first-order chi connectivity index (χ1) is 9.74. The first kappa shape index (κ1) is 14.1. The summed E-state index contributed by atoms with van der Waals surface area (Å²) >= 11 is 0. The van der Waals surface area contributed by atoms with E-state index in [1.54, 1.807) is 0 Å². The van der Waals surface area contributed by atoms with E-state index in [4.69, 9.17) is 19.9 Å². The zero-order valence-corrected chi connectivity index (χ0v) is 11.8. The SMILES string of the molecule is CCOc1ccc(Oc2cccc(OCC)c2N)cc1. The van der Waals surface area contributed by atoms with Crippen LogP contribution in [0.3, 0.4) is 0 Å². The molecule has 2 aromatic carbocycles. The maximum absolute atomic E-state index is 6.02. The number of hydrogen-bond acceptors (Lipinski definition) is 4. The smallest absolute Gasteiger partial charge is 0.154 e. The van der Waals surface area contributed by atoms with Gasteiger partial charge in [-0.15, -0.1) is 0 Å². The van der Waals surface area contributed by atoms with E-state index in [1.165, 1.54) is 0 Å². The molecule has 0 amide bonds. The summed E-state index contributed by atoms with van der Waals surface area (Å²) in [4.78, 5) is 0. The molecular weight excluding hydrogens is 254 g/mol. The summed E-state index contributed by atoms with van der Waals surface area (Å²) in [6, 6.07) is 12.9. The van der Waals surface area contributed by atoms with E-state index in [1.807, 2.05) is 56.3 Å². The van der Waals surface area contributed by atoms with Crippen molar-refractivity contribution in [1.82, 2.24) is 0 Å². The highest BCUT2D eigenvalue weighted by atomic mass is 16.5. The van der Waals surface area contributed by atoms with Gasteiger partial charge < -0.3 is 19.9 Å². The second kappa shape index (κ2) is 6.70. The van der Waals surface area contributed by atoms with Crippen molar-refractivity contribution in [3.05, 3.63) is 42.5 Å². The summed E-state index contributed by atoms with van der Waals surface area (Å²) in [5.41, 5.74) is 6.52. The van der Waals surface area contributed by atoms with Crippen LogP contribution in [0.4, 0.5) is 5.69 Å². The van der Waals surface area contributed by atoms with E-state index in [0.717, 1.165) is 5.75 Å². The van der Waals surface area contributed by atoms with Crippen molar-refractivity contribution in [1.29, 1.82) is 0 Å². The van der Waals surface area contributed by atoms with E-state index in [2.05, 4.69) is 0 Å². The van der Waals surface area contributed by atoms with Crippen molar-refractivity contribution < 1.29 is 14.2 Å². The molecule has 0 fully saturated rings. The molecule has 0 aliphatic carbocycles. The molecule has 0 aliphatic rings. The van der Waals surface area contributed by atoms with Gasteiger partial charge in [0.2, 0.25) is 0 Å². The Hall–Kier alpha value is -2.36. The van der Waals surface area contributed by atoms with E-state index < -0.39 is 0 Å². The zero-order valence-electron chi connectivity index (χ0n) is 11.8. The van der Waals surface area contributed by atoms with Crippen molar-refractivity contribution >= 4 is 5.69 Å². The third-order valence-electron chi connectivity index (χ3n) is 2.69. The Bertz CT molecular complexity index is 552. The molecule has 0 unspecified atom stereocenters. The lowest BCUT2D eigenvalue weighted by atomic mass is 10.2. The summed E-state index contributed by atoms with van der Waals surface area (Å²) in [5, 5.41) is 0. The van der Waals surface area contributed by atoms with E-state index in [9.17, 15) is 0 Å². The highest BCUT2D eigenvalue weighted by Crippen LogP contribution is 2.34. The van der Waals surface area contributed by atoms with Gasteiger partial charge in [-0.1, -0.05) is 6.07 Å². The van der Waals surface area contributed by atoms with Crippen LogP contribution in [0.5, 0.6) is 23.0 Å². The maximum atomic E-state index is 6.02. The van der Waals surface area contributed by atoms with Crippen molar-refractivity contribution in [2.75, 3.05) is 18.9 Å². The molecule has 0 spiro atoms. The third kappa shape index (κ3) is 3.35. The average molecular weight is 273 g/mol. The molecule has 2 rings (SSSR count). The predicted molar refractivity (Wildman–Crippen MR) is 79.7 cm³/mol. The molecule has 2 aromatic rings. The number of ether oxygens (including phenoxy) is 3. The number of para-hydroxylation sites is 1. The Kier molecular flexibility index (Phi) is 4.71. The van der Waals surface area contributed by atoms with Gasteiger partial charge in [0.05, 0.1) is 13.2 Å². The molecule has 0 aliphatic heterocycles. The van der Waals surface area contributed by atoms with Crippen LogP contribution in [-0.4, -0.2) is 13.2 Å². The monoisotopic (exact) mass is 273 g/mol. The molecule has 0 bridgehead atoms. The van der Waals surface area contributed by atoms with Gasteiger partial charge in [0.25, 0.3) is 0 Å². The molecule has 4 heteroatoms. The second-order valence-electron chi connectivity index (χ2n) is 4.11. The molecule has 2 N–H and O–H groups in total. The summed E-state index contributed by atoms with van der Waals surface area (Å²) < 4.78 is 16.6. The Balaban J connectivity index is 2.15. The first-order valence-electron chi connectivity index (χ1n) is 6.66. The fourth-order valence-electron chi connectivity index (χ4n) is 1.79. The minimum atomic E-state index is 0.503. The topological polar surface area (TPSA) is 53.7 Å². The molecule has 0 saturated carbocycles. The Morgan fingerprint density at radius 1 is 0.800 bits per heavy atom. The van der Waals surface area contributed by atoms with Gasteiger partial charge in [-0.3, -0.25) is 0 Å². The summed E-state index contributed by atoms with van der Waals surface area (Å²) in [5.74, 6) is 2.74. The van der Waals surface area contributed by atoms with Crippen LogP contribution in [0.1, 0.15) is 13.8 Å². The lowest BCUT2D eigenvalue weighted by Gasteiger charge is -2.12. The van der Waals surface area contributed by atoms with E-state index >= 15 is 0 Å². The molecule has 106 valence electrons. The van der Waals surface area contributed by atoms with Gasteiger partial charge in [0.1, 0.15) is 22.9 Å². The fourth-order valence-corrected chi connectivity index (χ4v) is 1.79. The lowest BCUT2D eigenvalue weighted by Crippen LogP contribution is -1.99. The normalized spacial score (nSPS) is 10.1. The quantitative estimate of drug-likeness (QED) is 0.812. The fraction of sp³-hybridized carbons (Fsp3) is 0.250. The molecular formula is C16H19NO3. The average Bonchev–Trinajstić information content (AvgIpc) is 2.46.